The standard InChI is InChI=1S/C22H18B2F2S.2C2H6/c23-16-7-5-14(6-8-16)13-1-3-15(4-2-13)17-9-10-18(22(26)21(17)25)19-11-12-20(24)27-19;2*1-2/h1,3,5,7,11-12H,2,4,6,8-10H2;2*1-2H3. The lowest BCUT2D eigenvalue weighted by Gasteiger charge is -2.23. The molecule has 1 aromatic heterocycles. The summed E-state index contributed by atoms with van der Waals surface area (Å²) in [7, 11) is 11.5. The Kier molecular flexibility index (Phi) is 10.0. The third kappa shape index (κ3) is 6.10. The van der Waals surface area contributed by atoms with Crippen molar-refractivity contribution in [2.24, 2.45) is 0 Å². The summed E-state index contributed by atoms with van der Waals surface area (Å²) in [5.41, 5.74) is 5.32. The molecule has 1 aromatic rings. The lowest BCUT2D eigenvalue weighted by Crippen LogP contribution is -2.06. The highest BCUT2D eigenvalue weighted by molar-refractivity contribution is 7.20. The largest absolute Gasteiger partial charge is 0.203 e. The molecule has 160 valence electrons. The number of thiophene rings is 1. The van der Waals surface area contributed by atoms with E-state index in [1.165, 1.54) is 22.5 Å². The Balaban J connectivity index is 0.000000807. The fourth-order valence-electron chi connectivity index (χ4n) is 3.86. The van der Waals surface area contributed by atoms with E-state index in [2.05, 4.69) is 12.2 Å². The first kappa shape index (κ1) is 25.4. The van der Waals surface area contributed by atoms with Gasteiger partial charge < -0.3 is 0 Å². The van der Waals surface area contributed by atoms with Gasteiger partial charge in [-0.1, -0.05) is 58.1 Å². The first-order chi connectivity index (χ1) is 15.0. The molecule has 0 saturated carbocycles. The van der Waals surface area contributed by atoms with Gasteiger partial charge >= 0.3 is 0 Å². The van der Waals surface area contributed by atoms with E-state index in [1.54, 1.807) is 12.1 Å². The van der Waals surface area contributed by atoms with Gasteiger partial charge in [0.2, 0.25) is 0 Å². The lowest BCUT2D eigenvalue weighted by atomic mass is 9.80. The predicted octanol–water partition coefficient (Wildman–Crippen LogP) is 7.71. The third-order valence-corrected chi connectivity index (χ3v) is 6.38. The van der Waals surface area contributed by atoms with Gasteiger partial charge in [-0.05, 0) is 71.7 Å². The summed E-state index contributed by atoms with van der Waals surface area (Å²) in [4.78, 5) is 0.718. The average molecular weight is 434 g/mol. The average Bonchev–Trinajstić information content (AvgIpc) is 3.25. The molecule has 0 unspecified atom stereocenters. The van der Waals surface area contributed by atoms with Crippen LogP contribution in [0.3, 0.4) is 0 Å². The van der Waals surface area contributed by atoms with E-state index < -0.39 is 11.7 Å². The molecule has 5 heteroatoms. The second-order valence-electron chi connectivity index (χ2n) is 7.10. The fraction of sp³-hybridized carbons (Fsp3) is 0.385. The smallest absolute Gasteiger partial charge is 0.163 e. The van der Waals surface area contributed by atoms with Crippen LogP contribution in [0.1, 0.15) is 71.1 Å². The van der Waals surface area contributed by atoms with Crippen molar-refractivity contribution in [1.29, 1.82) is 0 Å². The van der Waals surface area contributed by atoms with Crippen LogP contribution in [0.4, 0.5) is 8.78 Å². The minimum absolute atomic E-state index is 0.433. The van der Waals surface area contributed by atoms with Crippen molar-refractivity contribution in [1.82, 2.24) is 0 Å². The maximum absolute atomic E-state index is 14.8. The summed E-state index contributed by atoms with van der Waals surface area (Å²) in [5.74, 6) is -1.44. The molecule has 0 aromatic carbocycles. The third-order valence-electron chi connectivity index (χ3n) is 5.40. The van der Waals surface area contributed by atoms with Crippen molar-refractivity contribution in [2.75, 3.05) is 0 Å². The van der Waals surface area contributed by atoms with Gasteiger partial charge in [0.15, 0.2) is 11.7 Å². The molecule has 0 amide bonds. The van der Waals surface area contributed by atoms with Gasteiger partial charge in [-0.3, -0.25) is 0 Å². The van der Waals surface area contributed by atoms with Gasteiger partial charge in [0.1, 0.15) is 15.7 Å². The zero-order valence-corrected chi connectivity index (χ0v) is 19.8. The van der Waals surface area contributed by atoms with Crippen molar-refractivity contribution in [3.8, 4) is 0 Å². The summed E-state index contributed by atoms with van der Waals surface area (Å²) in [5, 5.41) is 0. The summed E-state index contributed by atoms with van der Waals surface area (Å²) in [6, 6.07) is 3.50. The molecule has 4 radical (unpaired) electrons. The van der Waals surface area contributed by atoms with E-state index in [0.717, 1.165) is 41.6 Å². The first-order valence-electron chi connectivity index (χ1n) is 11.2. The van der Waals surface area contributed by atoms with Crippen molar-refractivity contribution < 1.29 is 8.78 Å². The quantitative estimate of drug-likeness (QED) is 0.428. The number of hydrogen-bond acceptors (Lipinski definition) is 1. The lowest BCUT2D eigenvalue weighted by molar-refractivity contribution is 0.526. The van der Waals surface area contributed by atoms with Crippen LogP contribution in [0.25, 0.3) is 5.57 Å². The highest BCUT2D eigenvalue weighted by atomic mass is 32.1. The van der Waals surface area contributed by atoms with Gasteiger partial charge in [0.25, 0.3) is 0 Å². The van der Waals surface area contributed by atoms with Crippen molar-refractivity contribution in [3.63, 3.8) is 0 Å². The molecule has 31 heavy (non-hydrogen) atoms. The molecule has 0 N–H and O–H groups in total. The molecule has 3 aliphatic carbocycles. The SMILES string of the molecule is CC.CC.[B]C1=CC=C(C2=CC=C(C3=C(F)C(F)=C(c4ccc([B])s4)CC3)CC2)CC1. The molecule has 1 heterocycles. The van der Waals surface area contributed by atoms with Gasteiger partial charge in [-0.25, -0.2) is 8.78 Å². The minimum atomic E-state index is -0.732. The molecule has 0 saturated heterocycles. The molecule has 0 spiro atoms. The van der Waals surface area contributed by atoms with Gasteiger partial charge in [-0.2, -0.15) is 11.3 Å². The Hall–Kier alpha value is -1.87. The van der Waals surface area contributed by atoms with Crippen LogP contribution < -0.4 is 4.78 Å². The Morgan fingerprint density at radius 1 is 0.645 bits per heavy atom. The molecule has 0 bridgehead atoms. The van der Waals surface area contributed by atoms with Crippen LogP contribution in [0.2, 0.25) is 0 Å². The van der Waals surface area contributed by atoms with Crippen LogP contribution in [0, 0.1) is 0 Å². The molecular weight excluding hydrogens is 404 g/mol. The Morgan fingerprint density at radius 3 is 1.68 bits per heavy atom. The normalized spacial score (nSPS) is 18.6. The zero-order chi connectivity index (χ0) is 23.0. The number of rotatable bonds is 3. The van der Waals surface area contributed by atoms with Crippen molar-refractivity contribution in [2.45, 2.75) is 66.2 Å². The van der Waals surface area contributed by atoms with Crippen molar-refractivity contribution >= 4 is 37.4 Å². The number of hydrogen-bond donors (Lipinski definition) is 0. The van der Waals surface area contributed by atoms with Crippen LogP contribution in [-0.4, -0.2) is 15.7 Å². The maximum atomic E-state index is 14.8. The first-order valence-corrected chi connectivity index (χ1v) is 12.0. The highest BCUT2D eigenvalue weighted by Crippen LogP contribution is 2.43. The van der Waals surface area contributed by atoms with Crippen LogP contribution >= 0.6 is 11.3 Å². The molecule has 4 rings (SSSR count). The summed E-state index contributed by atoms with van der Waals surface area (Å²) in [6.07, 6.45) is 12.5. The topological polar surface area (TPSA) is 0 Å². The van der Waals surface area contributed by atoms with Crippen LogP contribution in [0.5, 0.6) is 0 Å². The fourth-order valence-corrected chi connectivity index (χ4v) is 4.70. The van der Waals surface area contributed by atoms with E-state index in [9.17, 15) is 8.78 Å². The highest BCUT2D eigenvalue weighted by Gasteiger charge is 2.26. The van der Waals surface area contributed by atoms with E-state index in [0.29, 0.717) is 28.8 Å². The Bertz CT molecular complexity index is 971. The molecular formula is C26H30B2F2S. The monoisotopic (exact) mass is 434 g/mol. The summed E-state index contributed by atoms with van der Waals surface area (Å²) in [6.45, 7) is 8.00. The minimum Gasteiger partial charge on any atom is -0.203 e. The zero-order valence-electron chi connectivity index (χ0n) is 19.0. The van der Waals surface area contributed by atoms with E-state index in [-0.39, 0.29) is 0 Å². The van der Waals surface area contributed by atoms with Gasteiger partial charge in [-0.15, -0.1) is 5.47 Å². The molecule has 0 fully saturated rings. The molecule has 0 atom stereocenters. The molecule has 0 nitrogen and oxygen atoms in total. The van der Waals surface area contributed by atoms with Gasteiger partial charge in [0.05, 0.1) is 0 Å². The number of halogens is 2. The molecule has 0 aliphatic heterocycles. The molecule has 3 aliphatic rings. The van der Waals surface area contributed by atoms with E-state index >= 15 is 0 Å². The van der Waals surface area contributed by atoms with Crippen molar-refractivity contribution in [3.05, 3.63) is 80.7 Å². The Morgan fingerprint density at radius 2 is 1.16 bits per heavy atom. The number of allylic oxidation sites excluding steroid dienone is 12. The van der Waals surface area contributed by atoms with E-state index in [4.69, 9.17) is 15.7 Å². The second kappa shape index (κ2) is 12.2. The summed E-state index contributed by atoms with van der Waals surface area (Å²) >= 11 is 1.30. The van der Waals surface area contributed by atoms with Crippen LogP contribution in [0.15, 0.2) is 75.9 Å². The predicted molar refractivity (Wildman–Crippen MR) is 134 cm³/mol. The Labute approximate surface area is 193 Å². The van der Waals surface area contributed by atoms with Gasteiger partial charge in [0, 0.05) is 10.5 Å². The van der Waals surface area contributed by atoms with E-state index in [1.807, 2.05) is 39.8 Å². The second-order valence-corrected chi connectivity index (χ2v) is 8.22. The summed E-state index contributed by atoms with van der Waals surface area (Å²) < 4.78 is 30.1. The van der Waals surface area contributed by atoms with Crippen LogP contribution in [-0.2, 0) is 0 Å². The maximum Gasteiger partial charge on any atom is 0.163 e.